The number of hydrogen-bond acceptors (Lipinski definition) is 4. The van der Waals surface area contributed by atoms with Gasteiger partial charge < -0.3 is 15.5 Å². The molecule has 6 heteroatoms. The summed E-state index contributed by atoms with van der Waals surface area (Å²) >= 11 is 0. The SMILES string of the molecule is O=C(Nc1ccc(N2CCCCC2)cc1)C1C(=O)NC2(CCCC2)C1=O. The molecule has 2 heterocycles. The zero-order chi connectivity index (χ0) is 18.1. The maximum atomic E-state index is 12.7. The van der Waals surface area contributed by atoms with E-state index in [1.54, 1.807) is 0 Å². The molecule has 138 valence electrons. The first-order valence-corrected chi connectivity index (χ1v) is 9.61. The van der Waals surface area contributed by atoms with Crippen molar-refractivity contribution in [2.75, 3.05) is 23.3 Å². The van der Waals surface area contributed by atoms with Crippen molar-refractivity contribution in [3.05, 3.63) is 24.3 Å². The Morgan fingerprint density at radius 2 is 1.65 bits per heavy atom. The molecule has 0 radical (unpaired) electrons. The molecule has 1 saturated carbocycles. The highest BCUT2D eigenvalue weighted by Crippen LogP contribution is 2.37. The lowest BCUT2D eigenvalue weighted by molar-refractivity contribution is -0.135. The van der Waals surface area contributed by atoms with E-state index in [1.165, 1.54) is 19.3 Å². The van der Waals surface area contributed by atoms with Gasteiger partial charge in [0.1, 0.15) is 0 Å². The van der Waals surface area contributed by atoms with Crippen LogP contribution in [0.1, 0.15) is 44.9 Å². The molecule has 0 bridgehead atoms. The first-order chi connectivity index (χ1) is 12.6. The Morgan fingerprint density at radius 1 is 1.00 bits per heavy atom. The third kappa shape index (κ3) is 2.97. The third-order valence-electron chi connectivity index (χ3n) is 5.93. The summed E-state index contributed by atoms with van der Waals surface area (Å²) in [5.41, 5.74) is 0.961. The van der Waals surface area contributed by atoms with Gasteiger partial charge in [0.25, 0.3) is 0 Å². The molecule has 3 fully saturated rings. The molecule has 2 N–H and O–H groups in total. The minimum Gasteiger partial charge on any atom is -0.372 e. The minimum atomic E-state index is -1.23. The zero-order valence-corrected chi connectivity index (χ0v) is 14.9. The second kappa shape index (κ2) is 6.74. The van der Waals surface area contributed by atoms with Gasteiger partial charge in [-0.1, -0.05) is 12.8 Å². The van der Waals surface area contributed by atoms with Crippen LogP contribution in [-0.4, -0.2) is 36.2 Å². The Bertz CT molecular complexity index is 716. The van der Waals surface area contributed by atoms with Crippen LogP contribution in [0.25, 0.3) is 0 Å². The predicted octanol–water partition coefficient (Wildman–Crippen LogP) is 2.24. The summed E-state index contributed by atoms with van der Waals surface area (Å²) < 4.78 is 0. The normalized spacial score (nSPS) is 24.8. The monoisotopic (exact) mass is 355 g/mol. The molecular weight excluding hydrogens is 330 g/mol. The van der Waals surface area contributed by atoms with Gasteiger partial charge in [-0.2, -0.15) is 0 Å². The van der Waals surface area contributed by atoms with Gasteiger partial charge in [0.2, 0.25) is 11.8 Å². The molecule has 1 aromatic rings. The van der Waals surface area contributed by atoms with Gasteiger partial charge >= 0.3 is 0 Å². The second-order valence-corrected chi connectivity index (χ2v) is 7.66. The number of carbonyl (C=O) groups is 3. The number of anilines is 2. The molecule has 6 nitrogen and oxygen atoms in total. The van der Waals surface area contributed by atoms with Crippen LogP contribution in [0, 0.1) is 5.92 Å². The lowest BCUT2D eigenvalue weighted by Crippen LogP contribution is -2.43. The Hall–Kier alpha value is -2.37. The number of nitrogens with zero attached hydrogens (tertiary/aromatic N) is 1. The van der Waals surface area contributed by atoms with Gasteiger partial charge in [-0.15, -0.1) is 0 Å². The molecule has 1 aliphatic carbocycles. The zero-order valence-electron chi connectivity index (χ0n) is 14.9. The number of carbonyl (C=O) groups excluding carboxylic acids is 3. The number of ketones is 1. The summed E-state index contributed by atoms with van der Waals surface area (Å²) in [4.78, 5) is 39.8. The highest BCUT2D eigenvalue weighted by molar-refractivity contribution is 6.27. The van der Waals surface area contributed by atoms with Crippen molar-refractivity contribution < 1.29 is 14.4 Å². The van der Waals surface area contributed by atoms with Crippen LogP contribution in [0.3, 0.4) is 0 Å². The minimum absolute atomic E-state index is 0.262. The summed E-state index contributed by atoms with van der Waals surface area (Å²) in [6, 6.07) is 7.64. The second-order valence-electron chi connectivity index (χ2n) is 7.66. The van der Waals surface area contributed by atoms with Crippen molar-refractivity contribution in [1.82, 2.24) is 5.32 Å². The molecule has 1 atom stereocenters. The Morgan fingerprint density at radius 3 is 2.31 bits per heavy atom. The van der Waals surface area contributed by atoms with Crippen LogP contribution >= 0.6 is 0 Å². The van der Waals surface area contributed by atoms with Crippen LogP contribution in [0.5, 0.6) is 0 Å². The molecule has 2 saturated heterocycles. The van der Waals surface area contributed by atoms with Crippen molar-refractivity contribution in [1.29, 1.82) is 0 Å². The van der Waals surface area contributed by atoms with Gasteiger partial charge in [0.15, 0.2) is 11.7 Å². The van der Waals surface area contributed by atoms with Crippen molar-refractivity contribution in [3.63, 3.8) is 0 Å². The number of piperidine rings is 1. The molecule has 4 rings (SSSR count). The van der Waals surface area contributed by atoms with Gasteiger partial charge in [-0.25, -0.2) is 0 Å². The highest BCUT2D eigenvalue weighted by Gasteiger charge is 2.56. The highest BCUT2D eigenvalue weighted by atomic mass is 16.2. The lowest BCUT2D eigenvalue weighted by Gasteiger charge is -2.28. The first-order valence-electron chi connectivity index (χ1n) is 9.61. The van der Waals surface area contributed by atoms with Crippen molar-refractivity contribution in [2.24, 2.45) is 5.92 Å². The fourth-order valence-corrected chi connectivity index (χ4v) is 4.48. The van der Waals surface area contributed by atoms with E-state index in [9.17, 15) is 14.4 Å². The van der Waals surface area contributed by atoms with Crippen LogP contribution in [0.2, 0.25) is 0 Å². The summed E-state index contributed by atoms with van der Waals surface area (Å²) in [6.45, 7) is 2.12. The number of rotatable bonds is 3. The van der Waals surface area contributed by atoms with E-state index in [4.69, 9.17) is 0 Å². The predicted molar refractivity (Wildman–Crippen MR) is 99.0 cm³/mol. The van der Waals surface area contributed by atoms with Crippen molar-refractivity contribution in [2.45, 2.75) is 50.5 Å². The third-order valence-corrected chi connectivity index (χ3v) is 5.93. The lowest BCUT2D eigenvalue weighted by atomic mass is 9.89. The number of Topliss-reactive ketones (excluding diaryl/α,β-unsaturated/α-hetero) is 1. The van der Waals surface area contributed by atoms with E-state index in [0.29, 0.717) is 18.5 Å². The fraction of sp³-hybridized carbons (Fsp3) is 0.550. The molecule has 1 spiro atoms. The Kier molecular flexibility index (Phi) is 4.42. The van der Waals surface area contributed by atoms with Gasteiger partial charge in [-0.05, 0) is 56.4 Å². The molecular formula is C20H25N3O3. The standard InChI is InChI=1S/C20H25N3O3/c24-17-16(19(26)22-20(17)10-2-3-11-20)18(25)21-14-6-8-15(9-7-14)23-12-4-1-5-13-23/h6-9,16H,1-5,10-13H2,(H,21,25)(H,22,26). The Labute approximate surface area is 153 Å². The number of nitrogens with one attached hydrogen (secondary N) is 2. The van der Waals surface area contributed by atoms with Crippen LogP contribution in [-0.2, 0) is 14.4 Å². The molecule has 2 amide bonds. The van der Waals surface area contributed by atoms with E-state index >= 15 is 0 Å². The summed E-state index contributed by atoms with van der Waals surface area (Å²) in [7, 11) is 0. The molecule has 0 aromatic heterocycles. The molecule has 1 unspecified atom stereocenters. The Balaban J connectivity index is 1.43. The van der Waals surface area contributed by atoms with E-state index < -0.39 is 23.3 Å². The van der Waals surface area contributed by atoms with Crippen LogP contribution < -0.4 is 15.5 Å². The topological polar surface area (TPSA) is 78.5 Å². The van der Waals surface area contributed by atoms with Gasteiger partial charge in [0.05, 0.1) is 5.54 Å². The van der Waals surface area contributed by atoms with Crippen molar-refractivity contribution in [3.8, 4) is 0 Å². The average Bonchev–Trinajstić information content (AvgIpc) is 3.21. The first kappa shape index (κ1) is 17.1. The van der Waals surface area contributed by atoms with Crippen molar-refractivity contribution >= 4 is 29.0 Å². The smallest absolute Gasteiger partial charge is 0.244 e. The average molecular weight is 355 g/mol. The molecule has 26 heavy (non-hydrogen) atoms. The quantitative estimate of drug-likeness (QED) is 0.815. The van der Waals surface area contributed by atoms with E-state index in [1.807, 2.05) is 24.3 Å². The summed E-state index contributed by atoms with van der Waals surface area (Å²) in [5, 5.41) is 5.53. The maximum Gasteiger partial charge on any atom is 0.244 e. The fourth-order valence-electron chi connectivity index (χ4n) is 4.48. The van der Waals surface area contributed by atoms with E-state index in [-0.39, 0.29) is 5.78 Å². The number of benzene rings is 1. The summed E-state index contributed by atoms with van der Waals surface area (Å²) in [6.07, 6.45) is 6.82. The summed E-state index contributed by atoms with van der Waals surface area (Å²) in [5.74, 6) is -2.47. The molecule has 3 aliphatic rings. The van der Waals surface area contributed by atoms with Crippen LogP contribution in [0.4, 0.5) is 11.4 Å². The maximum absolute atomic E-state index is 12.7. The van der Waals surface area contributed by atoms with Gasteiger partial charge in [-0.3, -0.25) is 14.4 Å². The number of amides is 2. The van der Waals surface area contributed by atoms with Gasteiger partial charge in [0, 0.05) is 24.5 Å². The largest absolute Gasteiger partial charge is 0.372 e. The van der Waals surface area contributed by atoms with E-state index in [0.717, 1.165) is 31.6 Å². The van der Waals surface area contributed by atoms with E-state index in [2.05, 4.69) is 15.5 Å². The molecule has 2 aliphatic heterocycles. The number of hydrogen-bond donors (Lipinski definition) is 2. The molecule has 1 aromatic carbocycles. The van der Waals surface area contributed by atoms with Crippen LogP contribution in [0.15, 0.2) is 24.3 Å².